The van der Waals surface area contributed by atoms with Gasteiger partial charge in [0.05, 0.1) is 10.5 Å². The first-order valence-electron chi connectivity index (χ1n) is 6.48. The van der Waals surface area contributed by atoms with Gasteiger partial charge in [0, 0.05) is 37.5 Å². The summed E-state index contributed by atoms with van der Waals surface area (Å²) in [5.41, 5.74) is 2.25. The highest BCUT2D eigenvalue weighted by atomic mass is 16.6. The zero-order valence-electron chi connectivity index (χ0n) is 11.8. The maximum absolute atomic E-state index is 11.1. The first-order chi connectivity index (χ1) is 9.49. The molecule has 1 aromatic heterocycles. The number of nitro groups is 1. The van der Waals surface area contributed by atoms with Crippen molar-refractivity contribution in [2.24, 2.45) is 7.05 Å². The highest BCUT2D eigenvalue weighted by Gasteiger charge is 2.19. The molecular formula is C14H18N4O2. The van der Waals surface area contributed by atoms with Crippen molar-refractivity contribution in [3.8, 4) is 11.3 Å². The summed E-state index contributed by atoms with van der Waals surface area (Å²) in [7, 11) is 1.82. The van der Waals surface area contributed by atoms with Gasteiger partial charge in [-0.1, -0.05) is 26.0 Å². The highest BCUT2D eigenvalue weighted by Crippen LogP contribution is 2.30. The maximum Gasteiger partial charge on any atom is 0.278 e. The molecule has 20 heavy (non-hydrogen) atoms. The van der Waals surface area contributed by atoms with E-state index in [1.165, 1.54) is 6.07 Å². The fourth-order valence-electron chi connectivity index (χ4n) is 2.04. The Labute approximate surface area is 117 Å². The van der Waals surface area contributed by atoms with Gasteiger partial charge in [-0.15, -0.1) is 0 Å². The number of nitrogens with one attached hydrogen (secondary N) is 1. The average molecular weight is 274 g/mol. The number of aryl methyl sites for hydroxylation is 1. The third-order valence-electron chi connectivity index (χ3n) is 2.96. The van der Waals surface area contributed by atoms with E-state index in [4.69, 9.17) is 0 Å². The van der Waals surface area contributed by atoms with Gasteiger partial charge >= 0.3 is 0 Å². The maximum atomic E-state index is 11.1. The van der Waals surface area contributed by atoms with E-state index in [9.17, 15) is 10.1 Å². The fraction of sp³-hybridized carbons (Fsp3) is 0.357. The van der Waals surface area contributed by atoms with Crippen LogP contribution in [0.15, 0.2) is 30.5 Å². The van der Waals surface area contributed by atoms with Gasteiger partial charge in [-0.05, 0) is 6.07 Å². The van der Waals surface area contributed by atoms with Crippen molar-refractivity contribution >= 4 is 5.69 Å². The Kier molecular flexibility index (Phi) is 4.14. The van der Waals surface area contributed by atoms with Crippen molar-refractivity contribution in [3.63, 3.8) is 0 Å². The number of benzene rings is 1. The number of hydrogen-bond acceptors (Lipinski definition) is 4. The molecule has 1 N–H and O–H groups in total. The standard InChI is InChI=1S/C14H18N4O2/c1-10(2)15-8-11-9-17(3)16-14(11)12-6-4-5-7-13(12)18(19)20/h4-7,9-10,15H,8H2,1-3H3. The van der Waals surface area contributed by atoms with Crippen molar-refractivity contribution in [1.82, 2.24) is 15.1 Å². The molecule has 0 radical (unpaired) electrons. The first kappa shape index (κ1) is 14.2. The van der Waals surface area contributed by atoms with Crippen LogP contribution in [0.2, 0.25) is 0 Å². The molecule has 0 bridgehead atoms. The van der Waals surface area contributed by atoms with E-state index in [1.807, 2.05) is 13.2 Å². The predicted molar refractivity (Wildman–Crippen MR) is 77.3 cm³/mol. The van der Waals surface area contributed by atoms with Gasteiger partial charge < -0.3 is 5.32 Å². The molecule has 0 saturated carbocycles. The van der Waals surface area contributed by atoms with Crippen LogP contribution >= 0.6 is 0 Å². The number of nitrogens with zero attached hydrogens (tertiary/aromatic N) is 3. The molecule has 0 atom stereocenters. The summed E-state index contributed by atoms with van der Waals surface area (Å²) in [4.78, 5) is 10.8. The molecule has 0 aliphatic rings. The lowest BCUT2D eigenvalue weighted by Crippen LogP contribution is -2.21. The number of nitro benzene ring substituents is 1. The minimum Gasteiger partial charge on any atom is -0.310 e. The Morgan fingerprint density at radius 3 is 2.75 bits per heavy atom. The second-order valence-corrected chi connectivity index (χ2v) is 4.99. The van der Waals surface area contributed by atoms with E-state index < -0.39 is 0 Å². The molecular weight excluding hydrogens is 256 g/mol. The van der Waals surface area contributed by atoms with Crippen LogP contribution in [0, 0.1) is 10.1 Å². The Morgan fingerprint density at radius 2 is 2.10 bits per heavy atom. The van der Waals surface area contributed by atoms with Gasteiger partial charge in [-0.2, -0.15) is 5.10 Å². The molecule has 0 spiro atoms. The Bertz CT molecular complexity index is 619. The van der Waals surface area contributed by atoms with Crippen molar-refractivity contribution in [2.45, 2.75) is 26.4 Å². The SMILES string of the molecule is CC(C)NCc1cn(C)nc1-c1ccccc1[N+](=O)[O-]. The van der Waals surface area contributed by atoms with E-state index in [0.29, 0.717) is 23.8 Å². The van der Waals surface area contributed by atoms with Gasteiger partial charge in [0.25, 0.3) is 5.69 Å². The predicted octanol–water partition coefficient (Wildman–Crippen LogP) is 2.49. The second kappa shape index (κ2) is 5.83. The summed E-state index contributed by atoms with van der Waals surface area (Å²) in [6.07, 6.45) is 1.89. The molecule has 2 rings (SSSR count). The number of para-hydroxylation sites is 1. The van der Waals surface area contributed by atoms with Crippen molar-refractivity contribution in [2.75, 3.05) is 0 Å². The molecule has 106 valence electrons. The zero-order chi connectivity index (χ0) is 14.7. The van der Waals surface area contributed by atoms with Crippen LogP contribution in [0.3, 0.4) is 0 Å². The second-order valence-electron chi connectivity index (χ2n) is 4.99. The van der Waals surface area contributed by atoms with Gasteiger partial charge in [0.15, 0.2) is 0 Å². The fourth-order valence-corrected chi connectivity index (χ4v) is 2.04. The Hall–Kier alpha value is -2.21. The van der Waals surface area contributed by atoms with E-state index in [2.05, 4.69) is 24.3 Å². The molecule has 1 heterocycles. The van der Waals surface area contributed by atoms with E-state index >= 15 is 0 Å². The smallest absolute Gasteiger partial charge is 0.278 e. The summed E-state index contributed by atoms with van der Waals surface area (Å²) < 4.78 is 1.68. The first-order valence-corrected chi connectivity index (χ1v) is 6.48. The van der Waals surface area contributed by atoms with Crippen LogP contribution in [0.25, 0.3) is 11.3 Å². The third kappa shape index (κ3) is 3.03. The third-order valence-corrected chi connectivity index (χ3v) is 2.96. The lowest BCUT2D eigenvalue weighted by Gasteiger charge is -2.08. The number of aromatic nitrogens is 2. The van der Waals surface area contributed by atoms with Crippen LogP contribution in [0.1, 0.15) is 19.4 Å². The van der Waals surface area contributed by atoms with Gasteiger partial charge in [-0.25, -0.2) is 0 Å². The van der Waals surface area contributed by atoms with E-state index in [-0.39, 0.29) is 10.6 Å². The average Bonchev–Trinajstić information content (AvgIpc) is 2.77. The largest absolute Gasteiger partial charge is 0.310 e. The molecule has 0 amide bonds. The van der Waals surface area contributed by atoms with Gasteiger partial charge in [-0.3, -0.25) is 14.8 Å². The molecule has 2 aromatic rings. The highest BCUT2D eigenvalue weighted by molar-refractivity contribution is 5.72. The van der Waals surface area contributed by atoms with Gasteiger partial charge in [0.1, 0.15) is 5.69 Å². The molecule has 6 heteroatoms. The van der Waals surface area contributed by atoms with Crippen LogP contribution in [-0.4, -0.2) is 20.7 Å². The molecule has 0 saturated heterocycles. The van der Waals surface area contributed by atoms with Crippen LogP contribution in [-0.2, 0) is 13.6 Å². The number of hydrogen-bond donors (Lipinski definition) is 1. The summed E-state index contributed by atoms with van der Waals surface area (Å²) in [6, 6.07) is 7.03. The lowest BCUT2D eigenvalue weighted by atomic mass is 10.1. The zero-order valence-corrected chi connectivity index (χ0v) is 11.8. The van der Waals surface area contributed by atoms with Crippen LogP contribution < -0.4 is 5.32 Å². The van der Waals surface area contributed by atoms with E-state index in [1.54, 1.807) is 22.9 Å². The minimum absolute atomic E-state index is 0.0806. The van der Waals surface area contributed by atoms with Gasteiger partial charge in [0.2, 0.25) is 0 Å². The van der Waals surface area contributed by atoms with Crippen molar-refractivity contribution in [3.05, 3.63) is 46.1 Å². The topological polar surface area (TPSA) is 73.0 Å². The molecule has 0 unspecified atom stereocenters. The summed E-state index contributed by atoms with van der Waals surface area (Å²) in [5.74, 6) is 0. The molecule has 0 aliphatic carbocycles. The summed E-state index contributed by atoms with van der Waals surface area (Å²) >= 11 is 0. The molecule has 0 fully saturated rings. The normalized spacial score (nSPS) is 11.0. The lowest BCUT2D eigenvalue weighted by molar-refractivity contribution is -0.384. The molecule has 0 aliphatic heterocycles. The summed E-state index contributed by atoms with van der Waals surface area (Å²) in [5, 5.41) is 18.8. The Morgan fingerprint density at radius 1 is 1.40 bits per heavy atom. The Balaban J connectivity index is 2.45. The minimum atomic E-state index is -0.371. The van der Waals surface area contributed by atoms with E-state index in [0.717, 1.165) is 5.56 Å². The van der Waals surface area contributed by atoms with Crippen molar-refractivity contribution in [1.29, 1.82) is 0 Å². The number of rotatable bonds is 5. The van der Waals surface area contributed by atoms with Crippen LogP contribution in [0.4, 0.5) is 5.69 Å². The molecule has 1 aromatic carbocycles. The quantitative estimate of drug-likeness (QED) is 0.671. The monoisotopic (exact) mass is 274 g/mol. The molecule has 6 nitrogen and oxygen atoms in total. The van der Waals surface area contributed by atoms with Crippen molar-refractivity contribution < 1.29 is 4.92 Å². The summed E-state index contributed by atoms with van der Waals surface area (Å²) in [6.45, 7) is 4.74. The van der Waals surface area contributed by atoms with Crippen LogP contribution in [0.5, 0.6) is 0 Å².